The molecule has 0 saturated carbocycles. The zero-order valence-electron chi connectivity index (χ0n) is 18.7. The van der Waals surface area contributed by atoms with Gasteiger partial charge in [-0.05, 0) is 60.7 Å². The predicted molar refractivity (Wildman–Crippen MR) is 127 cm³/mol. The zero-order valence-corrected chi connectivity index (χ0v) is 18.7. The topological polar surface area (TPSA) is 50.6 Å². The maximum atomic E-state index is 14.1. The number of rotatable bonds is 4. The second-order valence-electron chi connectivity index (χ2n) is 8.20. The van der Waals surface area contributed by atoms with Crippen molar-refractivity contribution in [3.05, 3.63) is 78.2 Å². The summed E-state index contributed by atoms with van der Waals surface area (Å²) in [6.45, 7) is 2.62. The summed E-state index contributed by atoms with van der Waals surface area (Å²) in [5.74, 6) is 0.338. The van der Waals surface area contributed by atoms with E-state index in [1.807, 2.05) is 59.1 Å². The number of ether oxygens (including phenoxy) is 1. The average molecular weight is 445 g/mol. The van der Waals surface area contributed by atoms with Crippen LogP contribution in [0.15, 0.2) is 66.9 Å². The number of hydrogen-bond acceptors (Lipinski definition) is 4. The number of amides is 1. The predicted octanol–water partition coefficient (Wildman–Crippen LogP) is 4.35. The monoisotopic (exact) mass is 444 g/mol. The molecule has 4 aromatic rings. The Balaban J connectivity index is 1.43. The molecule has 0 unspecified atom stereocenters. The number of aryl methyl sites for hydroxylation is 1. The third kappa shape index (κ3) is 4.02. The van der Waals surface area contributed by atoms with E-state index in [2.05, 4.69) is 4.90 Å². The van der Waals surface area contributed by atoms with Gasteiger partial charge in [0.05, 0.1) is 29.6 Å². The summed E-state index contributed by atoms with van der Waals surface area (Å²) < 4.78 is 21.3. The molecule has 0 radical (unpaired) electrons. The summed E-state index contributed by atoms with van der Waals surface area (Å²) in [4.78, 5) is 22.4. The molecule has 6 nitrogen and oxygen atoms in total. The van der Waals surface area contributed by atoms with Gasteiger partial charge in [0.25, 0.3) is 5.91 Å². The minimum atomic E-state index is -0.380. The van der Waals surface area contributed by atoms with Gasteiger partial charge in [0, 0.05) is 50.5 Å². The number of benzene rings is 2. The van der Waals surface area contributed by atoms with Crippen molar-refractivity contribution in [2.45, 2.75) is 0 Å². The number of piperazine rings is 1. The molecule has 3 heterocycles. The van der Waals surface area contributed by atoms with Crippen LogP contribution in [0.25, 0.3) is 22.3 Å². The highest BCUT2D eigenvalue weighted by molar-refractivity contribution is 6.07. The molecule has 5 rings (SSSR count). The van der Waals surface area contributed by atoms with Crippen LogP contribution in [0.3, 0.4) is 0 Å². The Hall–Kier alpha value is -3.87. The van der Waals surface area contributed by atoms with Crippen molar-refractivity contribution < 1.29 is 13.9 Å². The van der Waals surface area contributed by atoms with Crippen molar-refractivity contribution in [2.75, 3.05) is 38.2 Å². The van der Waals surface area contributed by atoms with Crippen molar-refractivity contribution >= 4 is 22.5 Å². The normalized spacial score (nSPS) is 14.0. The molecule has 1 amide bonds. The van der Waals surface area contributed by atoms with Gasteiger partial charge in [-0.15, -0.1) is 0 Å². The maximum Gasteiger partial charge on any atom is 0.254 e. The van der Waals surface area contributed by atoms with Gasteiger partial charge in [0.2, 0.25) is 0 Å². The van der Waals surface area contributed by atoms with E-state index < -0.39 is 0 Å². The lowest BCUT2D eigenvalue weighted by Crippen LogP contribution is -2.48. The molecule has 2 aromatic carbocycles. The first kappa shape index (κ1) is 21.0. The molecule has 33 heavy (non-hydrogen) atoms. The van der Waals surface area contributed by atoms with Crippen LogP contribution in [-0.4, -0.2) is 53.6 Å². The number of aromatic nitrogens is 2. The molecule has 168 valence electrons. The van der Waals surface area contributed by atoms with Crippen LogP contribution in [0.2, 0.25) is 0 Å². The van der Waals surface area contributed by atoms with Crippen LogP contribution in [0.4, 0.5) is 10.1 Å². The smallest absolute Gasteiger partial charge is 0.254 e. The minimum Gasteiger partial charge on any atom is -0.497 e. The Labute approximate surface area is 191 Å². The fraction of sp³-hybridized carbons (Fsp3) is 0.231. The van der Waals surface area contributed by atoms with E-state index in [9.17, 15) is 9.18 Å². The van der Waals surface area contributed by atoms with Crippen LogP contribution in [0, 0.1) is 5.82 Å². The highest BCUT2D eigenvalue weighted by atomic mass is 19.1. The molecule has 2 aromatic heterocycles. The van der Waals surface area contributed by atoms with Gasteiger partial charge < -0.3 is 19.1 Å². The first-order chi connectivity index (χ1) is 16.0. The highest BCUT2D eigenvalue weighted by Crippen LogP contribution is 2.28. The summed E-state index contributed by atoms with van der Waals surface area (Å²) in [6, 6.07) is 18.0. The van der Waals surface area contributed by atoms with Gasteiger partial charge in [-0.1, -0.05) is 0 Å². The Kier molecular flexibility index (Phi) is 5.46. The number of carbonyl (C=O) groups excluding carboxylic acids is 1. The minimum absolute atomic E-state index is 0.0992. The van der Waals surface area contributed by atoms with Crippen molar-refractivity contribution in [1.82, 2.24) is 14.5 Å². The molecular weight excluding hydrogens is 419 g/mol. The van der Waals surface area contributed by atoms with E-state index in [4.69, 9.17) is 9.72 Å². The van der Waals surface area contributed by atoms with E-state index in [-0.39, 0.29) is 11.7 Å². The van der Waals surface area contributed by atoms with Crippen molar-refractivity contribution in [1.29, 1.82) is 0 Å². The maximum absolute atomic E-state index is 14.1. The number of pyridine rings is 1. The Bertz CT molecular complexity index is 1310. The molecule has 0 aliphatic carbocycles. The van der Waals surface area contributed by atoms with Crippen molar-refractivity contribution in [3.8, 4) is 17.1 Å². The van der Waals surface area contributed by atoms with Crippen LogP contribution in [0.5, 0.6) is 5.75 Å². The van der Waals surface area contributed by atoms with Gasteiger partial charge in [-0.3, -0.25) is 4.79 Å². The lowest BCUT2D eigenvalue weighted by Gasteiger charge is -2.36. The number of nitrogens with zero attached hydrogens (tertiary/aromatic N) is 4. The summed E-state index contributed by atoms with van der Waals surface area (Å²) in [5.41, 5.74) is 3.79. The molecule has 0 N–H and O–H groups in total. The van der Waals surface area contributed by atoms with E-state index in [0.29, 0.717) is 35.2 Å². The molecule has 0 bridgehead atoms. The number of fused-ring (bicyclic) bond motifs is 1. The molecular formula is C26H25FN4O2. The number of carbonyl (C=O) groups is 1. The Morgan fingerprint density at radius 1 is 1.00 bits per heavy atom. The number of anilines is 1. The highest BCUT2D eigenvalue weighted by Gasteiger charge is 2.25. The number of methoxy groups -OCH3 is 1. The van der Waals surface area contributed by atoms with Crippen LogP contribution in [0.1, 0.15) is 10.4 Å². The van der Waals surface area contributed by atoms with Crippen molar-refractivity contribution in [3.63, 3.8) is 0 Å². The first-order valence-electron chi connectivity index (χ1n) is 10.9. The molecule has 0 spiro atoms. The lowest BCUT2D eigenvalue weighted by molar-refractivity contribution is 0.0748. The van der Waals surface area contributed by atoms with E-state index >= 15 is 0 Å². The number of halogens is 1. The Morgan fingerprint density at radius 2 is 1.76 bits per heavy atom. The molecule has 1 fully saturated rings. The fourth-order valence-corrected chi connectivity index (χ4v) is 4.36. The van der Waals surface area contributed by atoms with Gasteiger partial charge in [0.1, 0.15) is 11.6 Å². The van der Waals surface area contributed by atoms with Gasteiger partial charge >= 0.3 is 0 Å². The quantitative estimate of drug-likeness (QED) is 0.470. The third-order valence-corrected chi connectivity index (χ3v) is 6.21. The average Bonchev–Trinajstić information content (AvgIpc) is 3.29. The Morgan fingerprint density at radius 3 is 2.42 bits per heavy atom. The lowest BCUT2D eigenvalue weighted by atomic mass is 10.0. The van der Waals surface area contributed by atoms with Crippen LogP contribution < -0.4 is 9.64 Å². The van der Waals surface area contributed by atoms with E-state index in [1.165, 1.54) is 12.1 Å². The largest absolute Gasteiger partial charge is 0.497 e. The molecule has 1 aliphatic heterocycles. The summed E-state index contributed by atoms with van der Waals surface area (Å²) in [6.07, 6.45) is 1.94. The first-order valence-corrected chi connectivity index (χ1v) is 10.9. The van der Waals surface area contributed by atoms with E-state index in [0.717, 1.165) is 30.2 Å². The van der Waals surface area contributed by atoms with Gasteiger partial charge in [-0.2, -0.15) is 0 Å². The SMILES string of the molecule is COc1ccc(N2CCN(C(=O)c3cc(-c4cccn4C)nc4ccc(F)cc34)CC2)cc1. The zero-order chi connectivity index (χ0) is 22.9. The molecule has 1 aliphatic rings. The van der Waals surface area contributed by atoms with Gasteiger partial charge in [-0.25, -0.2) is 9.37 Å². The summed E-state index contributed by atoms with van der Waals surface area (Å²) in [5, 5.41) is 0.538. The van der Waals surface area contributed by atoms with E-state index in [1.54, 1.807) is 19.2 Å². The second kappa shape index (κ2) is 8.58. The third-order valence-electron chi connectivity index (χ3n) is 6.21. The fourth-order valence-electron chi connectivity index (χ4n) is 4.36. The van der Waals surface area contributed by atoms with Crippen LogP contribution >= 0.6 is 0 Å². The standard InChI is InChI=1S/C26H25FN4O2/c1-29-11-3-4-25(29)24-17-22(21-16-18(27)5-10-23(21)28-24)26(32)31-14-12-30(13-15-31)19-6-8-20(33-2)9-7-19/h3-11,16-17H,12-15H2,1-2H3. The van der Waals surface area contributed by atoms with Gasteiger partial charge in [0.15, 0.2) is 0 Å². The summed E-state index contributed by atoms with van der Waals surface area (Å²) >= 11 is 0. The molecule has 1 saturated heterocycles. The number of hydrogen-bond donors (Lipinski definition) is 0. The van der Waals surface area contributed by atoms with Crippen molar-refractivity contribution in [2.24, 2.45) is 7.05 Å². The van der Waals surface area contributed by atoms with Crippen LogP contribution in [-0.2, 0) is 7.05 Å². The second-order valence-corrected chi connectivity index (χ2v) is 8.20. The summed E-state index contributed by atoms with van der Waals surface area (Å²) in [7, 11) is 3.59. The molecule has 7 heteroatoms. The molecule has 0 atom stereocenters.